The maximum atomic E-state index is 12.0. The van der Waals surface area contributed by atoms with E-state index in [0.717, 1.165) is 30.6 Å². The van der Waals surface area contributed by atoms with Crippen LogP contribution in [0.2, 0.25) is 0 Å². The fourth-order valence-electron chi connectivity index (χ4n) is 1.70. The highest BCUT2D eigenvalue weighted by Gasteiger charge is 2.27. The maximum Gasteiger partial charge on any atom is 0.408 e. The Morgan fingerprint density at radius 2 is 1.92 bits per heavy atom. The van der Waals surface area contributed by atoms with E-state index in [1.165, 1.54) is 0 Å². The van der Waals surface area contributed by atoms with E-state index < -0.39 is 18.7 Å². The molecule has 0 spiro atoms. The van der Waals surface area contributed by atoms with Crippen molar-refractivity contribution in [1.82, 2.24) is 4.90 Å². The molecular weight excluding hydrogens is 177 g/mol. The van der Waals surface area contributed by atoms with Crippen molar-refractivity contribution in [3.05, 3.63) is 0 Å². The van der Waals surface area contributed by atoms with E-state index in [1.54, 1.807) is 0 Å². The SMILES string of the molecule is O=C(F)CN(C(=O)O)C1CCCC1. The third kappa shape index (κ3) is 2.68. The molecule has 0 aliphatic heterocycles. The third-order valence-electron chi connectivity index (χ3n) is 2.31. The molecule has 0 saturated heterocycles. The number of amides is 1. The van der Waals surface area contributed by atoms with Gasteiger partial charge < -0.3 is 5.11 Å². The number of carboxylic acid groups (broad SMARTS) is 1. The van der Waals surface area contributed by atoms with Gasteiger partial charge in [0.15, 0.2) is 0 Å². The van der Waals surface area contributed by atoms with Crippen LogP contribution in [0.15, 0.2) is 0 Å². The molecule has 5 heteroatoms. The topological polar surface area (TPSA) is 57.6 Å². The van der Waals surface area contributed by atoms with Crippen LogP contribution in [0.3, 0.4) is 0 Å². The Balaban J connectivity index is 2.55. The fourth-order valence-corrected chi connectivity index (χ4v) is 1.70. The van der Waals surface area contributed by atoms with E-state index in [4.69, 9.17) is 5.11 Å². The number of hydrogen-bond acceptors (Lipinski definition) is 2. The van der Waals surface area contributed by atoms with Crippen molar-refractivity contribution in [2.45, 2.75) is 31.7 Å². The first-order valence-corrected chi connectivity index (χ1v) is 4.29. The molecule has 0 radical (unpaired) electrons. The van der Waals surface area contributed by atoms with Crippen LogP contribution >= 0.6 is 0 Å². The molecule has 1 N–H and O–H groups in total. The summed E-state index contributed by atoms with van der Waals surface area (Å²) >= 11 is 0. The van der Waals surface area contributed by atoms with Gasteiger partial charge in [0.1, 0.15) is 6.54 Å². The molecule has 0 bridgehead atoms. The third-order valence-corrected chi connectivity index (χ3v) is 2.31. The summed E-state index contributed by atoms with van der Waals surface area (Å²) in [6, 6.07) is -1.76. The van der Waals surface area contributed by atoms with Gasteiger partial charge >= 0.3 is 12.1 Å². The van der Waals surface area contributed by atoms with Gasteiger partial charge in [-0.1, -0.05) is 12.8 Å². The summed E-state index contributed by atoms with van der Waals surface area (Å²) in [6.07, 6.45) is 2.17. The normalized spacial score (nSPS) is 17.3. The lowest BCUT2D eigenvalue weighted by molar-refractivity contribution is -0.130. The minimum Gasteiger partial charge on any atom is -0.465 e. The van der Waals surface area contributed by atoms with Crippen molar-refractivity contribution >= 4 is 12.1 Å². The number of carbonyl (C=O) groups is 2. The Hall–Kier alpha value is -1.13. The van der Waals surface area contributed by atoms with E-state index in [0.29, 0.717) is 0 Å². The highest BCUT2D eigenvalue weighted by Crippen LogP contribution is 2.23. The first-order valence-electron chi connectivity index (χ1n) is 4.29. The molecule has 0 atom stereocenters. The Morgan fingerprint density at radius 3 is 2.31 bits per heavy atom. The van der Waals surface area contributed by atoms with Gasteiger partial charge in [0, 0.05) is 6.04 Å². The fraction of sp³-hybridized carbons (Fsp3) is 0.750. The molecule has 1 aliphatic carbocycles. The number of halogens is 1. The van der Waals surface area contributed by atoms with Crippen LogP contribution in [0.5, 0.6) is 0 Å². The summed E-state index contributed by atoms with van der Waals surface area (Å²) in [7, 11) is 0. The average molecular weight is 189 g/mol. The lowest BCUT2D eigenvalue weighted by Gasteiger charge is -2.23. The molecular formula is C8H12FNO3. The molecule has 1 rings (SSSR count). The molecule has 1 amide bonds. The van der Waals surface area contributed by atoms with E-state index in [1.807, 2.05) is 0 Å². The zero-order valence-electron chi connectivity index (χ0n) is 7.20. The predicted molar refractivity (Wildman–Crippen MR) is 43.1 cm³/mol. The molecule has 0 aromatic heterocycles. The van der Waals surface area contributed by atoms with Crippen LogP contribution in [-0.2, 0) is 4.79 Å². The number of carbonyl (C=O) groups excluding carboxylic acids is 1. The second-order valence-electron chi connectivity index (χ2n) is 3.20. The summed E-state index contributed by atoms with van der Waals surface area (Å²) < 4.78 is 12.0. The molecule has 0 unspecified atom stereocenters. The van der Waals surface area contributed by atoms with Gasteiger partial charge in [-0.25, -0.2) is 4.79 Å². The van der Waals surface area contributed by atoms with Crippen molar-refractivity contribution < 1.29 is 19.1 Å². The van der Waals surface area contributed by atoms with Gasteiger partial charge in [-0.2, -0.15) is 4.39 Å². The lowest BCUT2D eigenvalue weighted by atomic mass is 10.2. The van der Waals surface area contributed by atoms with Crippen LogP contribution in [0.1, 0.15) is 25.7 Å². The number of hydrogen-bond donors (Lipinski definition) is 1. The zero-order valence-corrected chi connectivity index (χ0v) is 7.20. The Labute approximate surface area is 75.3 Å². The van der Waals surface area contributed by atoms with Gasteiger partial charge in [-0.15, -0.1) is 0 Å². The van der Waals surface area contributed by atoms with Crippen molar-refractivity contribution in [1.29, 1.82) is 0 Å². The van der Waals surface area contributed by atoms with Gasteiger partial charge in [0.25, 0.3) is 0 Å². The van der Waals surface area contributed by atoms with Crippen LogP contribution in [0.4, 0.5) is 9.18 Å². The maximum absolute atomic E-state index is 12.0. The van der Waals surface area contributed by atoms with E-state index >= 15 is 0 Å². The molecule has 0 heterocycles. The summed E-state index contributed by atoms with van der Waals surface area (Å²) in [6.45, 7) is -0.625. The lowest BCUT2D eigenvalue weighted by Crippen LogP contribution is -2.40. The van der Waals surface area contributed by atoms with E-state index in [-0.39, 0.29) is 6.04 Å². The summed E-state index contributed by atoms with van der Waals surface area (Å²) in [4.78, 5) is 21.7. The minimum atomic E-state index is -1.59. The number of nitrogens with zero attached hydrogens (tertiary/aromatic N) is 1. The molecule has 1 saturated carbocycles. The van der Waals surface area contributed by atoms with Crippen LogP contribution in [-0.4, -0.2) is 34.7 Å². The van der Waals surface area contributed by atoms with Gasteiger partial charge in [-0.3, -0.25) is 9.69 Å². The average Bonchev–Trinajstić information content (AvgIpc) is 2.50. The Bertz CT molecular complexity index is 213. The monoisotopic (exact) mass is 189 g/mol. The highest BCUT2D eigenvalue weighted by atomic mass is 19.1. The molecule has 4 nitrogen and oxygen atoms in total. The smallest absolute Gasteiger partial charge is 0.408 e. The molecule has 1 fully saturated rings. The largest absolute Gasteiger partial charge is 0.465 e. The summed E-state index contributed by atoms with van der Waals surface area (Å²) in [5.74, 6) is 0. The first-order chi connectivity index (χ1) is 6.11. The van der Waals surface area contributed by atoms with Gasteiger partial charge in [0.05, 0.1) is 0 Å². The van der Waals surface area contributed by atoms with E-state index in [2.05, 4.69) is 0 Å². The van der Waals surface area contributed by atoms with Gasteiger partial charge in [0.2, 0.25) is 0 Å². The Kier molecular flexibility index (Phi) is 3.22. The van der Waals surface area contributed by atoms with Crippen LogP contribution < -0.4 is 0 Å². The standard InChI is InChI=1S/C8H12FNO3/c9-7(11)5-10(8(12)13)6-3-1-2-4-6/h6H,1-5H2,(H,12,13). The first kappa shape index (κ1) is 9.95. The molecule has 13 heavy (non-hydrogen) atoms. The van der Waals surface area contributed by atoms with Crippen LogP contribution in [0.25, 0.3) is 0 Å². The van der Waals surface area contributed by atoms with Crippen molar-refractivity contribution in [2.24, 2.45) is 0 Å². The highest BCUT2D eigenvalue weighted by molar-refractivity contribution is 5.76. The van der Waals surface area contributed by atoms with Crippen molar-refractivity contribution in [3.63, 3.8) is 0 Å². The quantitative estimate of drug-likeness (QED) is 0.683. The van der Waals surface area contributed by atoms with E-state index in [9.17, 15) is 14.0 Å². The molecule has 0 aromatic rings. The molecule has 0 aromatic carbocycles. The van der Waals surface area contributed by atoms with Crippen molar-refractivity contribution in [3.8, 4) is 0 Å². The zero-order chi connectivity index (χ0) is 9.84. The number of rotatable bonds is 3. The Morgan fingerprint density at radius 1 is 1.38 bits per heavy atom. The molecule has 1 aliphatic rings. The second kappa shape index (κ2) is 4.20. The predicted octanol–water partition coefficient (Wildman–Crippen LogP) is 1.41. The summed E-state index contributed by atoms with van der Waals surface area (Å²) in [5, 5.41) is 8.69. The van der Waals surface area contributed by atoms with Crippen molar-refractivity contribution in [2.75, 3.05) is 6.54 Å². The summed E-state index contributed by atoms with van der Waals surface area (Å²) in [5.41, 5.74) is 0. The second-order valence-corrected chi connectivity index (χ2v) is 3.20. The van der Waals surface area contributed by atoms with Crippen LogP contribution in [0, 0.1) is 0 Å². The van der Waals surface area contributed by atoms with Gasteiger partial charge in [-0.05, 0) is 12.8 Å². The molecule has 74 valence electrons. The minimum absolute atomic E-state index is 0.169.